The fraction of sp³-hybridized carbons (Fsp3) is 0.467. The molecule has 0 aromatic heterocycles. The number of benzene rings is 1. The van der Waals surface area contributed by atoms with E-state index < -0.39 is 17.2 Å². The first kappa shape index (κ1) is 15.4. The SMILES string of the molecule is CC(C)C1(C(=O)Nc2c(F)cccc2C(=O)O)CCNC1. The van der Waals surface area contributed by atoms with Gasteiger partial charge in [-0.1, -0.05) is 19.9 Å². The van der Waals surface area contributed by atoms with E-state index in [1.807, 2.05) is 13.8 Å². The number of aromatic carboxylic acids is 1. The van der Waals surface area contributed by atoms with E-state index in [0.717, 1.165) is 6.07 Å². The molecule has 2 rings (SSSR count). The predicted octanol–water partition coefficient (Wildman–Crippen LogP) is 2.10. The fourth-order valence-corrected chi connectivity index (χ4v) is 2.73. The molecule has 1 saturated heterocycles. The molecule has 1 unspecified atom stereocenters. The van der Waals surface area contributed by atoms with E-state index in [-0.39, 0.29) is 23.1 Å². The highest BCUT2D eigenvalue weighted by Crippen LogP contribution is 2.36. The van der Waals surface area contributed by atoms with Gasteiger partial charge in [0.25, 0.3) is 0 Å². The second-order valence-electron chi connectivity index (χ2n) is 5.66. The van der Waals surface area contributed by atoms with E-state index in [2.05, 4.69) is 10.6 Å². The summed E-state index contributed by atoms with van der Waals surface area (Å²) < 4.78 is 13.9. The lowest BCUT2D eigenvalue weighted by molar-refractivity contribution is -0.126. The lowest BCUT2D eigenvalue weighted by Crippen LogP contribution is -2.42. The first-order valence-corrected chi connectivity index (χ1v) is 6.92. The average molecular weight is 294 g/mol. The maximum Gasteiger partial charge on any atom is 0.337 e. The zero-order valence-corrected chi connectivity index (χ0v) is 12.1. The molecule has 0 spiro atoms. The van der Waals surface area contributed by atoms with Crippen molar-refractivity contribution in [1.29, 1.82) is 0 Å². The molecule has 5 nitrogen and oxygen atoms in total. The topological polar surface area (TPSA) is 78.4 Å². The molecule has 0 radical (unpaired) electrons. The Balaban J connectivity index is 2.34. The summed E-state index contributed by atoms with van der Waals surface area (Å²) in [4.78, 5) is 23.8. The quantitative estimate of drug-likeness (QED) is 0.794. The van der Waals surface area contributed by atoms with Gasteiger partial charge in [0.05, 0.1) is 16.7 Å². The summed E-state index contributed by atoms with van der Waals surface area (Å²) in [5.74, 6) is -2.29. The molecule has 1 fully saturated rings. The van der Waals surface area contributed by atoms with Crippen LogP contribution in [0.1, 0.15) is 30.6 Å². The maximum absolute atomic E-state index is 13.9. The monoisotopic (exact) mass is 294 g/mol. The Morgan fingerprint density at radius 3 is 2.67 bits per heavy atom. The average Bonchev–Trinajstić information content (AvgIpc) is 2.91. The highest BCUT2D eigenvalue weighted by Gasteiger charge is 2.44. The number of nitrogens with one attached hydrogen (secondary N) is 2. The molecule has 1 amide bonds. The van der Waals surface area contributed by atoms with Crippen LogP contribution in [0.3, 0.4) is 0 Å². The van der Waals surface area contributed by atoms with E-state index in [1.54, 1.807) is 0 Å². The Bertz CT molecular complexity index is 566. The number of carboxylic acid groups (broad SMARTS) is 1. The Kier molecular flexibility index (Phi) is 4.27. The van der Waals surface area contributed by atoms with Crippen molar-refractivity contribution in [3.05, 3.63) is 29.6 Å². The van der Waals surface area contributed by atoms with E-state index in [0.29, 0.717) is 19.5 Å². The third-order valence-corrected chi connectivity index (χ3v) is 4.23. The highest BCUT2D eigenvalue weighted by atomic mass is 19.1. The second kappa shape index (κ2) is 5.81. The standard InChI is InChI=1S/C15H19FN2O3/c1-9(2)15(6-7-17-8-15)14(21)18-12-10(13(19)20)4-3-5-11(12)16/h3-5,9,17H,6-8H2,1-2H3,(H,18,21)(H,19,20). The number of carboxylic acids is 1. The Morgan fingerprint density at radius 2 is 2.14 bits per heavy atom. The summed E-state index contributed by atoms with van der Waals surface area (Å²) in [5.41, 5.74) is -1.15. The molecule has 1 atom stereocenters. The van der Waals surface area contributed by atoms with Crippen LogP contribution in [0.25, 0.3) is 0 Å². The molecular weight excluding hydrogens is 275 g/mol. The molecule has 1 aromatic rings. The van der Waals surface area contributed by atoms with Crippen LogP contribution < -0.4 is 10.6 Å². The second-order valence-corrected chi connectivity index (χ2v) is 5.66. The van der Waals surface area contributed by atoms with Gasteiger partial charge in [-0.2, -0.15) is 0 Å². The van der Waals surface area contributed by atoms with Crippen molar-refractivity contribution in [3.63, 3.8) is 0 Å². The Labute approximate surface area is 122 Å². The number of halogens is 1. The molecule has 3 N–H and O–H groups in total. The zero-order valence-electron chi connectivity index (χ0n) is 12.1. The molecule has 6 heteroatoms. The van der Waals surface area contributed by atoms with Gasteiger partial charge in [0.2, 0.25) is 5.91 Å². The molecule has 1 aliphatic heterocycles. The predicted molar refractivity (Wildman–Crippen MR) is 76.7 cm³/mol. The van der Waals surface area contributed by atoms with Gasteiger partial charge in [0.15, 0.2) is 0 Å². The van der Waals surface area contributed by atoms with Crippen LogP contribution in [-0.2, 0) is 4.79 Å². The van der Waals surface area contributed by atoms with Crippen LogP contribution in [0, 0.1) is 17.2 Å². The van der Waals surface area contributed by atoms with Crippen molar-refractivity contribution in [2.24, 2.45) is 11.3 Å². The van der Waals surface area contributed by atoms with Gasteiger partial charge >= 0.3 is 5.97 Å². The van der Waals surface area contributed by atoms with Gasteiger partial charge in [-0.15, -0.1) is 0 Å². The Morgan fingerprint density at radius 1 is 1.43 bits per heavy atom. The lowest BCUT2D eigenvalue weighted by atomic mass is 9.75. The first-order valence-electron chi connectivity index (χ1n) is 6.92. The zero-order chi connectivity index (χ0) is 15.6. The number of rotatable bonds is 4. The number of carbonyl (C=O) groups is 2. The minimum absolute atomic E-state index is 0.0625. The van der Waals surface area contributed by atoms with Crippen LogP contribution in [0.4, 0.5) is 10.1 Å². The van der Waals surface area contributed by atoms with Crippen LogP contribution in [0.15, 0.2) is 18.2 Å². The molecular formula is C15H19FN2O3. The van der Waals surface area contributed by atoms with Gasteiger partial charge in [-0.3, -0.25) is 4.79 Å². The summed E-state index contributed by atoms with van der Waals surface area (Å²) in [6, 6.07) is 3.72. The molecule has 114 valence electrons. The third kappa shape index (κ3) is 2.76. The van der Waals surface area contributed by atoms with Crippen LogP contribution in [0.2, 0.25) is 0 Å². The van der Waals surface area contributed by atoms with Crippen molar-refractivity contribution >= 4 is 17.6 Å². The van der Waals surface area contributed by atoms with Gasteiger partial charge in [-0.25, -0.2) is 9.18 Å². The van der Waals surface area contributed by atoms with Crippen molar-refractivity contribution in [2.45, 2.75) is 20.3 Å². The number of hydrogen-bond donors (Lipinski definition) is 3. The maximum atomic E-state index is 13.9. The number of carbonyl (C=O) groups excluding carboxylic acids is 1. The van der Waals surface area contributed by atoms with Crippen molar-refractivity contribution < 1.29 is 19.1 Å². The molecule has 1 heterocycles. The van der Waals surface area contributed by atoms with Crippen molar-refractivity contribution in [3.8, 4) is 0 Å². The molecule has 0 saturated carbocycles. The number of anilines is 1. The molecule has 0 bridgehead atoms. The summed E-state index contributed by atoms with van der Waals surface area (Å²) in [6.07, 6.45) is 0.646. The number of hydrogen-bond acceptors (Lipinski definition) is 3. The van der Waals surface area contributed by atoms with Crippen molar-refractivity contribution in [2.75, 3.05) is 18.4 Å². The summed E-state index contributed by atoms with van der Waals surface area (Å²) in [6.45, 7) is 5.10. The largest absolute Gasteiger partial charge is 0.478 e. The number of para-hydroxylation sites is 1. The van der Waals surface area contributed by atoms with Gasteiger partial charge < -0.3 is 15.7 Å². The minimum Gasteiger partial charge on any atom is -0.478 e. The van der Waals surface area contributed by atoms with Crippen molar-refractivity contribution in [1.82, 2.24) is 5.32 Å². The van der Waals surface area contributed by atoms with Gasteiger partial charge in [-0.05, 0) is 31.0 Å². The molecule has 1 aromatic carbocycles. The van der Waals surface area contributed by atoms with Crippen LogP contribution in [0.5, 0.6) is 0 Å². The van der Waals surface area contributed by atoms with Gasteiger partial charge in [0, 0.05) is 6.54 Å². The number of amides is 1. The van der Waals surface area contributed by atoms with E-state index in [9.17, 15) is 14.0 Å². The summed E-state index contributed by atoms with van der Waals surface area (Å²) in [5, 5.41) is 14.7. The first-order chi connectivity index (χ1) is 9.88. The van der Waals surface area contributed by atoms with Crippen LogP contribution >= 0.6 is 0 Å². The van der Waals surface area contributed by atoms with E-state index in [4.69, 9.17) is 5.11 Å². The Hall–Kier alpha value is -1.95. The molecule has 0 aliphatic carbocycles. The fourth-order valence-electron chi connectivity index (χ4n) is 2.73. The third-order valence-electron chi connectivity index (χ3n) is 4.23. The molecule has 1 aliphatic rings. The lowest BCUT2D eigenvalue weighted by Gasteiger charge is -2.31. The summed E-state index contributed by atoms with van der Waals surface area (Å²) >= 11 is 0. The normalized spacial score (nSPS) is 21.5. The minimum atomic E-state index is -1.27. The molecule has 21 heavy (non-hydrogen) atoms. The van der Waals surface area contributed by atoms with Gasteiger partial charge in [0.1, 0.15) is 5.82 Å². The smallest absolute Gasteiger partial charge is 0.337 e. The van der Waals surface area contributed by atoms with E-state index >= 15 is 0 Å². The van der Waals surface area contributed by atoms with Crippen LogP contribution in [-0.4, -0.2) is 30.1 Å². The highest BCUT2D eigenvalue weighted by molar-refractivity contribution is 6.02. The summed E-state index contributed by atoms with van der Waals surface area (Å²) in [7, 11) is 0. The van der Waals surface area contributed by atoms with E-state index in [1.165, 1.54) is 12.1 Å².